The van der Waals surface area contributed by atoms with E-state index in [1.165, 1.54) is 18.2 Å². The molecule has 0 radical (unpaired) electrons. The number of benzene rings is 2. The molecule has 0 saturated carbocycles. The standard InChI is InChI=1S/C19H17F3N2O/c1-13-9-10-16(12-14(13)2)24-18(25)23-11-5-7-15-6-3-4-8-17(15)19(20,21)22/h3-4,6,8-10,12H,11H2,1-2H3,(H2,23,24,25). The summed E-state index contributed by atoms with van der Waals surface area (Å²) in [7, 11) is 0. The SMILES string of the molecule is Cc1ccc(NC(=O)NCC#Cc2ccccc2C(F)(F)F)cc1C. The Kier molecular flexibility index (Phi) is 5.71. The maximum Gasteiger partial charge on any atom is 0.417 e. The molecule has 6 heteroatoms. The zero-order valence-electron chi connectivity index (χ0n) is 13.8. The van der Waals surface area contributed by atoms with Crippen LogP contribution < -0.4 is 10.6 Å². The molecule has 0 heterocycles. The molecule has 0 spiro atoms. The van der Waals surface area contributed by atoms with Crippen molar-refractivity contribution >= 4 is 11.7 Å². The van der Waals surface area contributed by atoms with E-state index in [0.717, 1.165) is 17.2 Å². The number of rotatable bonds is 2. The zero-order chi connectivity index (χ0) is 18.4. The molecule has 2 aromatic carbocycles. The number of hydrogen-bond donors (Lipinski definition) is 2. The van der Waals surface area contributed by atoms with E-state index in [4.69, 9.17) is 0 Å². The molecule has 0 aliphatic heterocycles. The fourth-order valence-electron chi connectivity index (χ4n) is 2.10. The van der Waals surface area contributed by atoms with Gasteiger partial charge in [0.15, 0.2) is 0 Å². The van der Waals surface area contributed by atoms with Crippen molar-refractivity contribution in [2.24, 2.45) is 0 Å². The van der Waals surface area contributed by atoms with Crippen molar-refractivity contribution in [3.8, 4) is 11.8 Å². The highest BCUT2D eigenvalue weighted by molar-refractivity contribution is 5.89. The Bertz CT molecular complexity index is 833. The first-order chi connectivity index (χ1) is 11.8. The number of alkyl halides is 3. The lowest BCUT2D eigenvalue weighted by Crippen LogP contribution is -2.28. The lowest BCUT2D eigenvalue weighted by molar-refractivity contribution is -0.137. The van der Waals surface area contributed by atoms with E-state index >= 15 is 0 Å². The number of carbonyl (C=O) groups excluding carboxylic acids is 1. The number of halogens is 3. The second-order valence-electron chi connectivity index (χ2n) is 5.45. The largest absolute Gasteiger partial charge is 0.417 e. The number of nitrogens with one attached hydrogen (secondary N) is 2. The molecular weight excluding hydrogens is 329 g/mol. The maximum atomic E-state index is 12.8. The Morgan fingerprint density at radius 2 is 1.80 bits per heavy atom. The molecule has 2 rings (SSSR count). The van der Waals surface area contributed by atoms with E-state index in [0.29, 0.717) is 5.69 Å². The summed E-state index contributed by atoms with van der Waals surface area (Å²) in [5, 5.41) is 5.14. The second kappa shape index (κ2) is 7.75. The first kappa shape index (κ1) is 18.4. The molecular formula is C19H17F3N2O. The van der Waals surface area contributed by atoms with Gasteiger partial charge < -0.3 is 10.6 Å². The summed E-state index contributed by atoms with van der Waals surface area (Å²) in [5.74, 6) is 4.97. The monoisotopic (exact) mass is 346 g/mol. The van der Waals surface area contributed by atoms with Gasteiger partial charge >= 0.3 is 12.2 Å². The summed E-state index contributed by atoms with van der Waals surface area (Å²) in [6.45, 7) is 3.83. The first-order valence-corrected chi connectivity index (χ1v) is 7.54. The Balaban J connectivity index is 1.94. The van der Waals surface area contributed by atoms with Crippen LogP contribution in [0.4, 0.5) is 23.7 Å². The highest BCUT2D eigenvalue weighted by Crippen LogP contribution is 2.31. The minimum absolute atomic E-state index is 0.0666. The van der Waals surface area contributed by atoms with Crippen LogP contribution >= 0.6 is 0 Å². The van der Waals surface area contributed by atoms with Crippen molar-refractivity contribution in [1.82, 2.24) is 5.32 Å². The average molecular weight is 346 g/mol. The summed E-state index contributed by atoms with van der Waals surface area (Å²) in [5.41, 5.74) is 1.88. The molecule has 0 saturated heterocycles. The van der Waals surface area contributed by atoms with Crippen molar-refractivity contribution in [2.45, 2.75) is 20.0 Å². The van der Waals surface area contributed by atoms with Crippen LogP contribution in [-0.2, 0) is 6.18 Å². The van der Waals surface area contributed by atoms with Gasteiger partial charge in [0.2, 0.25) is 0 Å². The summed E-state index contributed by atoms with van der Waals surface area (Å²) >= 11 is 0. The van der Waals surface area contributed by atoms with E-state index in [1.807, 2.05) is 26.0 Å². The summed E-state index contributed by atoms with van der Waals surface area (Å²) in [4.78, 5) is 11.8. The molecule has 2 N–H and O–H groups in total. The van der Waals surface area contributed by atoms with E-state index in [1.54, 1.807) is 6.07 Å². The minimum Gasteiger partial charge on any atom is -0.327 e. The predicted molar refractivity (Wildman–Crippen MR) is 91.3 cm³/mol. The van der Waals surface area contributed by atoms with Crippen LogP contribution in [0, 0.1) is 25.7 Å². The number of hydrogen-bond acceptors (Lipinski definition) is 1. The third-order valence-corrected chi connectivity index (χ3v) is 3.56. The van der Waals surface area contributed by atoms with Crippen LogP contribution in [0.3, 0.4) is 0 Å². The molecule has 2 amide bonds. The fraction of sp³-hybridized carbons (Fsp3) is 0.211. The second-order valence-corrected chi connectivity index (χ2v) is 5.45. The fourth-order valence-corrected chi connectivity index (χ4v) is 2.10. The number of carbonyl (C=O) groups is 1. The van der Waals surface area contributed by atoms with Crippen molar-refractivity contribution in [3.63, 3.8) is 0 Å². The van der Waals surface area contributed by atoms with Crippen LogP contribution in [0.1, 0.15) is 22.3 Å². The van der Waals surface area contributed by atoms with Gasteiger partial charge in [-0.3, -0.25) is 0 Å². The third kappa shape index (κ3) is 5.28. The maximum absolute atomic E-state index is 12.8. The third-order valence-electron chi connectivity index (χ3n) is 3.56. The summed E-state index contributed by atoms with van der Waals surface area (Å²) < 4.78 is 38.5. The molecule has 2 aromatic rings. The molecule has 0 atom stereocenters. The average Bonchev–Trinajstić information content (AvgIpc) is 2.54. The highest BCUT2D eigenvalue weighted by atomic mass is 19.4. The van der Waals surface area contributed by atoms with Crippen LogP contribution in [0.15, 0.2) is 42.5 Å². The lowest BCUT2D eigenvalue weighted by atomic mass is 10.1. The van der Waals surface area contributed by atoms with E-state index < -0.39 is 17.8 Å². The van der Waals surface area contributed by atoms with Gasteiger partial charge in [-0.25, -0.2) is 4.79 Å². The lowest BCUT2D eigenvalue weighted by Gasteiger charge is -2.08. The van der Waals surface area contributed by atoms with Crippen molar-refractivity contribution < 1.29 is 18.0 Å². The summed E-state index contributed by atoms with van der Waals surface area (Å²) in [6, 6.07) is 10.1. The molecule has 0 aliphatic rings. The quantitative estimate of drug-likeness (QED) is 0.773. The highest BCUT2D eigenvalue weighted by Gasteiger charge is 2.32. The topological polar surface area (TPSA) is 41.1 Å². The van der Waals surface area contributed by atoms with Gasteiger partial charge in [-0.05, 0) is 49.2 Å². The molecule has 3 nitrogen and oxygen atoms in total. The van der Waals surface area contributed by atoms with E-state index in [9.17, 15) is 18.0 Å². The molecule has 25 heavy (non-hydrogen) atoms. The molecule has 0 aromatic heterocycles. The van der Waals surface area contributed by atoms with Gasteiger partial charge in [0.25, 0.3) is 0 Å². The van der Waals surface area contributed by atoms with Crippen molar-refractivity contribution in [2.75, 3.05) is 11.9 Å². The van der Waals surface area contributed by atoms with E-state index in [2.05, 4.69) is 22.5 Å². The van der Waals surface area contributed by atoms with Crippen LogP contribution in [-0.4, -0.2) is 12.6 Å². The van der Waals surface area contributed by atoms with Gasteiger partial charge in [-0.1, -0.05) is 30.0 Å². The van der Waals surface area contributed by atoms with Crippen molar-refractivity contribution in [3.05, 3.63) is 64.7 Å². The van der Waals surface area contributed by atoms with E-state index in [-0.39, 0.29) is 12.1 Å². The Morgan fingerprint density at radius 1 is 1.08 bits per heavy atom. The predicted octanol–water partition coefficient (Wildman–Crippen LogP) is 4.50. The molecule has 0 fully saturated rings. The van der Waals surface area contributed by atoms with Gasteiger partial charge in [-0.15, -0.1) is 0 Å². The Hall–Kier alpha value is -2.94. The normalized spacial score (nSPS) is 10.6. The van der Waals surface area contributed by atoms with Crippen LogP contribution in [0.25, 0.3) is 0 Å². The van der Waals surface area contributed by atoms with Gasteiger partial charge in [0.05, 0.1) is 12.1 Å². The Morgan fingerprint density at radius 3 is 2.48 bits per heavy atom. The minimum atomic E-state index is -4.46. The van der Waals surface area contributed by atoms with Gasteiger partial charge in [-0.2, -0.15) is 13.2 Å². The molecule has 130 valence electrons. The molecule has 0 bridgehead atoms. The Labute approximate surface area is 144 Å². The smallest absolute Gasteiger partial charge is 0.327 e. The molecule has 0 aliphatic carbocycles. The van der Waals surface area contributed by atoms with Gasteiger partial charge in [0.1, 0.15) is 0 Å². The number of aryl methyl sites for hydroxylation is 2. The number of anilines is 1. The van der Waals surface area contributed by atoms with Crippen LogP contribution in [0.5, 0.6) is 0 Å². The number of urea groups is 1. The van der Waals surface area contributed by atoms with Crippen LogP contribution in [0.2, 0.25) is 0 Å². The first-order valence-electron chi connectivity index (χ1n) is 7.54. The van der Waals surface area contributed by atoms with Crippen molar-refractivity contribution in [1.29, 1.82) is 0 Å². The van der Waals surface area contributed by atoms with Gasteiger partial charge in [0, 0.05) is 11.3 Å². The zero-order valence-corrected chi connectivity index (χ0v) is 13.8. The number of amides is 2. The summed E-state index contributed by atoms with van der Waals surface area (Å²) in [6.07, 6.45) is -4.46. The molecule has 0 unspecified atom stereocenters.